The van der Waals surface area contributed by atoms with Crippen molar-refractivity contribution in [2.75, 3.05) is 37.7 Å². The second kappa shape index (κ2) is 9.80. The number of hydrogen-bond acceptors (Lipinski definition) is 7. The summed E-state index contributed by atoms with van der Waals surface area (Å²) in [6.07, 6.45) is 3.53. The molecule has 3 aromatic rings. The van der Waals surface area contributed by atoms with Crippen LogP contribution in [0.4, 0.5) is 5.82 Å². The molecule has 180 valence electrons. The third kappa shape index (κ3) is 4.59. The Labute approximate surface area is 205 Å². The Morgan fingerprint density at radius 2 is 1.89 bits per heavy atom. The lowest BCUT2D eigenvalue weighted by Crippen LogP contribution is -2.46. The quantitative estimate of drug-likeness (QED) is 0.533. The smallest absolute Gasteiger partial charge is 0.232 e. The number of aryl methyl sites for hydroxylation is 1. The Morgan fingerprint density at radius 1 is 1.11 bits per heavy atom. The summed E-state index contributed by atoms with van der Waals surface area (Å²) in [4.78, 5) is 22.3. The zero-order valence-electron chi connectivity index (χ0n) is 20.0. The fraction of sp³-hybridized carbons (Fsp3) is 0.286. The number of phenols is 1. The lowest BCUT2D eigenvalue weighted by Gasteiger charge is -2.35. The topological polar surface area (TPSA) is 75.1 Å². The minimum atomic E-state index is -0.176. The highest BCUT2D eigenvalue weighted by atomic mass is 16.5. The van der Waals surface area contributed by atoms with Gasteiger partial charge in [0, 0.05) is 44.5 Å². The second-order valence-electron chi connectivity index (χ2n) is 8.76. The summed E-state index contributed by atoms with van der Waals surface area (Å²) in [6.45, 7) is 8.09. The number of para-hydroxylation sites is 1. The molecule has 0 saturated carbocycles. The molecule has 35 heavy (non-hydrogen) atoms. The minimum Gasteiger partial charge on any atom is -0.507 e. The van der Waals surface area contributed by atoms with Crippen molar-refractivity contribution in [3.63, 3.8) is 0 Å². The van der Waals surface area contributed by atoms with Gasteiger partial charge in [0.05, 0.1) is 17.7 Å². The van der Waals surface area contributed by atoms with Gasteiger partial charge in [-0.3, -0.25) is 9.69 Å². The van der Waals surface area contributed by atoms with E-state index in [2.05, 4.69) is 14.8 Å². The van der Waals surface area contributed by atoms with Crippen LogP contribution in [0.25, 0.3) is 6.08 Å². The summed E-state index contributed by atoms with van der Waals surface area (Å²) in [6, 6.07) is 15.2. The van der Waals surface area contributed by atoms with Crippen LogP contribution in [0.5, 0.6) is 17.2 Å². The predicted molar refractivity (Wildman–Crippen MR) is 135 cm³/mol. The number of carbonyl (C=O) groups is 1. The number of carbonyl (C=O) groups excluding carboxylic acids is 1. The molecule has 0 radical (unpaired) electrons. The molecule has 2 aliphatic heterocycles. The first-order valence-electron chi connectivity index (χ1n) is 11.9. The van der Waals surface area contributed by atoms with Crippen LogP contribution in [-0.4, -0.2) is 53.6 Å². The first-order chi connectivity index (χ1) is 17.0. The molecule has 0 bridgehead atoms. The highest BCUT2D eigenvalue weighted by molar-refractivity contribution is 6.16. The second-order valence-corrected chi connectivity index (χ2v) is 8.76. The van der Waals surface area contributed by atoms with E-state index in [-0.39, 0.29) is 17.3 Å². The van der Waals surface area contributed by atoms with Crippen LogP contribution in [0, 0.1) is 6.92 Å². The van der Waals surface area contributed by atoms with Crippen molar-refractivity contribution in [1.82, 2.24) is 9.88 Å². The minimum absolute atomic E-state index is 0.150. The lowest BCUT2D eigenvalue weighted by molar-refractivity contribution is 0.101. The molecular formula is C28H29N3O4. The molecule has 5 rings (SSSR count). The Hall–Kier alpha value is -3.84. The summed E-state index contributed by atoms with van der Waals surface area (Å²) < 4.78 is 11.8. The van der Waals surface area contributed by atoms with E-state index in [1.165, 1.54) is 0 Å². The number of aromatic nitrogens is 1. The number of hydrogen-bond donors (Lipinski definition) is 1. The number of pyridine rings is 1. The van der Waals surface area contributed by atoms with Gasteiger partial charge in [-0.05, 0) is 49.8 Å². The number of rotatable bonds is 6. The van der Waals surface area contributed by atoms with Crippen molar-refractivity contribution < 1.29 is 19.4 Å². The first-order valence-corrected chi connectivity index (χ1v) is 11.9. The molecule has 0 amide bonds. The summed E-state index contributed by atoms with van der Waals surface area (Å²) >= 11 is 0. The molecule has 0 spiro atoms. The molecule has 0 aliphatic carbocycles. The largest absolute Gasteiger partial charge is 0.507 e. The number of anilines is 1. The van der Waals surface area contributed by atoms with Crippen LogP contribution in [-0.2, 0) is 6.54 Å². The van der Waals surface area contributed by atoms with Gasteiger partial charge in [0.2, 0.25) is 5.78 Å². The van der Waals surface area contributed by atoms with Crippen molar-refractivity contribution in [3.05, 3.63) is 82.7 Å². The van der Waals surface area contributed by atoms with Crippen LogP contribution >= 0.6 is 0 Å². The number of nitrogens with zero attached hydrogens (tertiary/aromatic N) is 3. The molecule has 0 unspecified atom stereocenters. The molecule has 7 nitrogen and oxygen atoms in total. The molecule has 0 atom stereocenters. The Bertz CT molecular complexity index is 1260. The van der Waals surface area contributed by atoms with Gasteiger partial charge < -0.3 is 19.5 Å². The van der Waals surface area contributed by atoms with Crippen LogP contribution in [0.15, 0.2) is 60.5 Å². The van der Waals surface area contributed by atoms with E-state index >= 15 is 0 Å². The number of Topliss-reactive ketones (excluding diaryl/α,β-unsaturated/α-hetero) is 1. The third-order valence-electron chi connectivity index (χ3n) is 6.45. The van der Waals surface area contributed by atoms with Crippen molar-refractivity contribution in [3.8, 4) is 17.2 Å². The molecule has 2 aliphatic rings. The van der Waals surface area contributed by atoms with E-state index in [1.807, 2.05) is 62.5 Å². The Balaban J connectivity index is 1.38. The maximum Gasteiger partial charge on any atom is 0.232 e. The number of aromatic hydroxyl groups is 1. The SMILES string of the molecule is CCOc1ccccc1/C=C1\Oc2c(CN3CCN(c4ccccn4)CC3)c(O)cc(C)c2C1=O. The van der Waals surface area contributed by atoms with Crippen LogP contribution in [0.2, 0.25) is 0 Å². The monoisotopic (exact) mass is 471 g/mol. The van der Waals surface area contributed by atoms with Gasteiger partial charge in [-0.2, -0.15) is 0 Å². The van der Waals surface area contributed by atoms with Crippen molar-refractivity contribution in [1.29, 1.82) is 0 Å². The number of ether oxygens (including phenoxy) is 2. The summed E-state index contributed by atoms with van der Waals surface area (Å²) in [5.74, 6) is 2.34. The molecule has 2 aromatic carbocycles. The molecule has 1 saturated heterocycles. The van der Waals surface area contributed by atoms with Gasteiger partial charge in [-0.1, -0.05) is 24.3 Å². The summed E-state index contributed by atoms with van der Waals surface area (Å²) in [7, 11) is 0. The molecule has 3 heterocycles. The van der Waals surface area contributed by atoms with Gasteiger partial charge in [0.15, 0.2) is 5.76 Å². The van der Waals surface area contributed by atoms with Gasteiger partial charge >= 0.3 is 0 Å². The average Bonchev–Trinajstić information content (AvgIpc) is 3.20. The van der Waals surface area contributed by atoms with E-state index in [9.17, 15) is 9.90 Å². The molecular weight excluding hydrogens is 442 g/mol. The summed E-state index contributed by atoms with van der Waals surface area (Å²) in [5.41, 5.74) is 2.64. The number of piperazine rings is 1. The highest BCUT2D eigenvalue weighted by Crippen LogP contribution is 2.42. The number of ketones is 1. The van der Waals surface area contributed by atoms with E-state index < -0.39 is 0 Å². The zero-order chi connectivity index (χ0) is 24.4. The first kappa shape index (κ1) is 22.9. The van der Waals surface area contributed by atoms with Gasteiger partial charge in [0.25, 0.3) is 0 Å². The maximum absolute atomic E-state index is 13.3. The zero-order valence-corrected chi connectivity index (χ0v) is 20.0. The van der Waals surface area contributed by atoms with Crippen molar-refractivity contribution in [2.45, 2.75) is 20.4 Å². The van der Waals surface area contributed by atoms with Gasteiger partial charge in [-0.15, -0.1) is 0 Å². The number of phenolic OH excluding ortho intramolecular Hbond substituents is 1. The number of fused-ring (bicyclic) bond motifs is 1. The standard InChI is InChI=1S/C28H29N3O4/c1-3-34-23-9-5-4-8-20(23)17-24-27(33)26-19(2)16-22(32)21(28(26)35-24)18-30-12-14-31(15-13-30)25-10-6-7-11-29-25/h4-11,16-17,32H,3,12-15,18H2,1-2H3/b24-17-. The maximum atomic E-state index is 13.3. The van der Waals surface area contributed by atoms with Crippen LogP contribution < -0.4 is 14.4 Å². The van der Waals surface area contributed by atoms with E-state index in [0.717, 1.165) is 37.6 Å². The number of allylic oxidation sites excluding steroid dienone is 1. The Kier molecular flexibility index (Phi) is 6.42. The molecule has 1 N–H and O–H groups in total. The molecule has 1 fully saturated rings. The van der Waals surface area contributed by atoms with E-state index in [0.29, 0.717) is 41.3 Å². The molecule has 1 aromatic heterocycles. The summed E-state index contributed by atoms with van der Waals surface area (Å²) in [5, 5.41) is 10.8. The van der Waals surface area contributed by atoms with E-state index in [1.54, 1.807) is 12.1 Å². The molecule has 7 heteroatoms. The van der Waals surface area contributed by atoms with Crippen LogP contribution in [0.3, 0.4) is 0 Å². The normalized spacial score (nSPS) is 16.9. The average molecular weight is 472 g/mol. The predicted octanol–water partition coefficient (Wildman–Crippen LogP) is 4.43. The van der Waals surface area contributed by atoms with Gasteiger partial charge in [0.1, 0.15) is 23.1 Å². The third-order valence-corrected chi connectivity index (χ3v) is 6.45. The van der Waals surface area contributed by atoms with Crippen LogP contribution in [0.1, 0.15) is 34.0 Å². The fourth-order valence-electron chi connectivity index (χ4n) is 4.66. The lowest BCUT2D eigenvalue weighted by atomic mass is 9.99. The van der Waals surface area contributed by atoms with E-state index in [4.69, 9.17) is 9.47 Å². The number of benzene rings is 2. The van der Waals surface area contributed by atoms with Gasteiger partial charge in [-0.25, -0.2) is 4.98 Å². The Morgan fingerprint density at radius 3 is 2.63 bits per heavy atom. The van der Waals surface area contributed by atoms with Crippen molar-refractivity contribution in [2.24, 2.45) is 0 Å². The fourth-order valence-corrected chi connectivity index (χ4v) is 4.66. The highest BCUT2D eigenvalue weighted by Gasteiger charge is 2.34. The van der Waals surface area contributed by atoms with Crippen molar-refractivity contribution >= 4 is 17.7 Å².